The predicted octanol–water partition coefficient (Wildman–Crippen LogP) is 3.20. The number of H-pyrrole nitrogens is 1. The van der Waals surface area contributed by atoms with Crippen LogP contribution in [0, 0.1) is 5.92 Å². The van der Waals surface area contributed by atoms with Crippen molar-refractivity contribution in [1.29, 1.82) is 0 Å². The van der Waals surface area contributed by atoms with Gasteiger partial charge in [0.25, 0.3) is 0 Å². The van der Waals surface area contributed by atoms with Crippen LogP contribution in [0.2, 0.25) is 0 Å². The zero-order valence-corrected chi connectivity index (χ0v) is 23.5. The monoisotopic (exact) mass is 542 g/mol. The predicted molar refractivity (Wildman–Crippen MR) is 150 cm³/mol. The van der Waals surface area contributed by atoms with Crippen LogP contribution in [0.4, 0.5) is 0 Å². The normalized spacial score (nSPS) is 26.5. The SMILES string of the molecule is CCc1cc(O)ccc1C1CCC2C(C1)NNC2c1ncc(C2=CCN(CCNS(=O)(=O)C(C)C)CC2)[nH]1. The zero-order valence-electron chi connectivity index (χ0n) is 22.7. The smallest absolute Gasteiger partial charge is 0.213 e. The summed E-state index contributed by atoms with van der Waals surface area (Å²) in [6.07, 6.45) is 9.37. The van der Waals surface area contributed by atoms with Gasteiger partial charge in [-0.25, -0.2) is 23.5 Å². The van der Waals surface area contributed by atoms with Crippen LogP contribution >= 0.6 is 0 Å². The van der Waals surface area contributed by atoms with Gasteiger partial charge in [0.05, 0.1) is 23.2 Å². The fourth-order valence-electron chi connectivity index (χ4n) is 6.24. The fraction of sp³-hybridized carbons (Fsp3) is 0.607. The van der Waals surface area contributed by atoms with E-state index in [2.05, 4.69) is 44.5 Å². The summed E-state index contributed by atoms with van der Waals surface area (Å²) in [5.41, 5.74) is 12.1. The minimum atomic E-state index is -3.21. The third kappa shape index (κ3) is 5.84. The Morgan fingerprint density at radius 2 is 2.08 bits per heavy atom. The molecular formula is C28H42N6O3S. The molecule has 9 nitrogen and oxygen atoms in total. The molecule has 5 N–H and O–H groups in total. The second-order valence-electron chi connectivity index (χ2n) is 11.2. The van der Waals surface area contributed by atoms with Crippen LogP contribution in [-0.4, -0.2) is 65.9 Å². The largest absolute Gasteiger partial charge is 0.508 e. The van der Waals surface area contributed by atoms with Crippen molar-refractivity contribution in [3.8, 4) is 5.75 Å². The first-order valence-corrected chi connectivity index (χ1v) is 15.6. The van der Waals surface area contributed by atoms with Gasteiger partial charge in [-0.1, -0.05) is 19.1 Å². The lowest BCUT2D eigenvalue weighted by atomic mass is 9.73. The number of aromatic hydroxyl groups is 1. The quantitative estimate of drug-likeness (QED) is 0.330. The van der Waals surface area contributed by atoms with Crippen molar-refractivity contribution in [2.75, 3.05) is 26.2 Å². The lowest BCUT2D eigenvalue weighted by Crippen LogP contribution is -2.39. The molecule has 1 aromatic heterocycles. The Morgan fingerprint density at radius 1 is 1.24 bits per heavy atom. The van der Waals surface area contributed by atoms with E-state index in [-0.39, 0.29) is 6.04 Å². The van der Waals surface area contributed by atoms with Crippen LogP contribution in [-0.2, 0) is 16.4 Å². The molecule has 2 fully saturated rings. The number of fused-ring (bicyclic) bond motifs is 1. The van der Waals surface area contributed by atoms with Crippen LogP contribution < -0.4 is 15.6 Å². The molecule has 2 aliphatic heterocycles. The average molecular weight is 543 g/mol. The number of sulfonamides is 1. The van der Waals surface area contributed by atoms with Gasteiger partial charge in [0.15, 0.2) is 0 Å². The number of benzene rings is 1. The molecule has 0 radical (unpaired) electrons. The maximum Gasteiger partial charge on any atom is 0.213 e. The Kier molecular flexibility index (Phi) is 8.25. The lowest BCUT2D eigenvalue weighted by molar-refractivity contribution is 0.276. The summed E-state index contributed by atoms with van der Waals surface area (Å²) >= 11 is 0. The van der Waals surface area contributed by atoms with Crippen LogP contribution in [0.3, 0.4) is 0 Å². The van der Waals surface area contributed by atoms with Crippen LogP contribution in [0.15, 0.2) is 30.5 Å². The lowest BCUT2D eigenvalue weighted by Gasteiger charge is -2.33. The van der Waals surface area contributed by atoms with Crippen molar-refractivity contribution < 1.29 is 13.5 Å². The molecule has 38 heavy (non-hydrogen) atoms. The Labute approximate surface area is 226 Å². The number of aromatic nitrogens is 2. The van der Waals surface area contributed by atoms with Gasteiger partial charge >= 0.3 is 0 Å². The van der Waals surface area contributed by atoms with Crippen molar-refractivity contribution in [2.24, 2.45) is 5.92 Å². The third-order valence-electron chi connectivity index (χ3n) is 8.58. The number of nitrogens with one attached hydrogen (secondary N) is 4. The van der Waals surface area contributed by atoms with Gasteiger partial charge in [-0.2, -0.15) is 0 Å². The number of phenolic OH excluding ortho intramolecular Hbond substituents is 1. The van der Waals surface area contributed by atoms with E-state index >= 15 is 0 Å². The van der Waals surface area contributed by atoms with E-state index < -0.39 is 15.3 Å². The first kappa shape index (κ1) is 27.3. The third-order valence-corrected chi connectivity index (χ3v) is 10.4. The van der Waals surface area contributed by atoms with E-state index in [0.717, 1.165) is 56.7 Å². The molecule has 3 heterocycles. The van der Waals surface area contributed by atoms with Crippen LogP contribution in [0.25, 0.3) is 5.57 Å². The Morgan fingerprint density at radius 3 is 2.82 bits per heavy atom. The summed E-state index contributed by atoms with van der Waals surface area (Å²) in [4.78, 5) is 10.6. The van der Waals surface area contributed by atoms with Gasteiger partial charge in [0, 0.05) is 32.2 Å². The number of nitrogens with zero attached hydrogens (tertiary/aromatic N) is 2. The molecule has 1 aliphatic carbocycles. The molecule has 3 aliphatic rings. The van der Waals surface area contributed by atoms with Crippen LogP contribution in [0.1, 0.15) is 81.1 Å². The van der Waals surface area contributed by atoms with Gasteiger partial charge in [0.1, 0.15) is 11.6 Å². The first-order valence-electron chi connectivity index (χ1n) is 14.0. The maximum atomic E-state index is 12.0. The minimum absolute atomic E-state index is 0.162. The maximum absolute atomic E-state index is 12.0. The molecule has 1 saturated heterocycles. The molecule has 2 aromatic rings. The molecule has 10 heteroatoms. The number of hydrogen-bond acceptors (Lipinski definition) is 7. The Hall–Kier alpha value is -2.24. The van der Waals surface area contributed by atoms with Crippen molar-refractivity contribution in [3.05, 3.63) is 53.1 Å². The highest BCUT2D eigenvalue weighted by Gasteiger charge is 2.42. The van der Waals surface area contributed by atoms with Gasteiger partial charge in [0.2, 0.25) is 10.0 Å². The molecule has 0 amide bonds. The molecule has 4 atom stereocenters. The Bertz CT molecular complexity index is 1260. The molecule has 1 aromatic carbocycles. The van der Waals surface area contributed by atoms with E-state index in [0.29, 0.717) is 36.7 Å². The Balaban J connectivity index is 1.16. The van der Waals surface area contributed by atoms with E-state index in [9.17, 15) is 13.5 Å². The standard InChI is InChI=1S/C28H42N6O3S/c1-4-19-15-22(35)6-8-23(19)21-5-7-24-25(16-21)32-33-27(24)28-29-17-26(31-28)20-9-12-34(13-10-20)14-11-30-38(36,37)18(2)3/h6,8-9,15,17-18,21,24-25,27,30,32-33,35H,4-5,7,10-14,16H2,1-3H3,(H,29,31). The van der Waals surface area contributed by atoms with Gasteiger partial charge < -0.3 is 10.1 Å². The zero-order chi connectivity index (χ0) is 26.9. The number of aromatic amines is 1. The highest BCUT2D eigenvalue weighted by atomic mass is 32.2. The molecule has 208 valence electrons. The van der Waals surface area contributed by atoms with E-state index in [1.807, 2.05) is 18.3 Å². The first-order chi connectivity index (χ1) is 18.2. The topological polar surface area (TPSA) is 122 Å². The molecule has 1 saturated carbocycles. The second kappa shape index (κ2) is 11.5. The summed E-state index contributed by atoms with van der Waals surface area (Å²) in [7, 11) is -3.21. The van der Waals surface area contributed by atoms with E-state index in [4.69, 9.17) is 4.98 Å². The van der Waals surface area contributed by atoms with Gasteiger partial charge in [-0.15, -0.1) is 0 Å². The minimum Gasteiger partial charge on any atom is -0.508 e. The van der Waals surface area contributed by atoms with E-state index in [1.54, 1.807) is 13.8 Å². The average Bonchev–Trinajstić information content (AvgIpc) is 3.56. The highest BCUT2D eigenvalue weighted by molar-refractivity contribution is 7.90. The fourth-order valence-corrected chi connectivity index (χ4v) is 6.95. The van der Waals surface area contributed by atoms with Crippen molar-refractivity contribution >= 4 is 15.6 Å². The molecule has 4 unspecified atom stereocenters. The van der Waals surface area contributed by atoms with Crippen molar-refractivity contribution in [3.63, 3.8) is 0 Å². The van der Waals surface area contributed by atoms with Gasteiger partial charge in [-0.05, 0) is 86.6 Å². The number of rotatable bonds is 9. The number of aryl methyl sites for hydroxylation is 1. The van der Waals surface area contributed by atoms with Crippen molar-refractivity contribution in [1.82, 2.24) is 30.4 Å². The second-order valence-corrected chi connectivity index (χ2v) is 13.6. The summed E-state index contributed by atoms with van der Waals surface area (Å²) < 4.78 is 26.6. The van der Waals surface area contributed by atoms with E-state index in [1.165, 1.54) is 16.7 Å². The number of hydrazine groups is 1. The highest BCUT2D eigenvalue weighted by Crippen LogP contribution is 2.44. The van der Waals surface area contributed by atoms with Gasteiger partial charge in [-0.3, -0.25) is 10.3 Å². The number of imidazole rings is 1. The molecule has 0 bridgehead atoms. The molecule has 0 spiro atoms. The van der Waals surface area contributed by atoms with Crippen molar-refractivity contribution in [2.45, 2.75) is 76.1 Å². The number of hydrogen-bond donors (Lipinski definition) is 5. The summed E-state index contributed by atoms with van der Waals surface area (Å²) in [5.74, 6) is 2.33. The molecule has 5 rings (SSSR count). The summed E-state index contributed by atoms with van der Waals surface area (Å²) in [6.45, 7) is 8.39. The molecular weight excluding hydrogens is 500 g/mol. The summed E-state index contributed by atoms with van der Waals surface area (Å²) in [5, 5.41) is 9.49. The summed E-state index contributed by atoms with van der Waals surface area (Å²) in [6, 6.07) is 6.40. The number of phenols is 1. The van der Waals surface area contributed by atoms with Crippen LogP contribution in [0.5, 0.6) is 5.75 Å².